The first kappa shape index (κ1) is 21.1. The van der Waals surface area contributed by atoms with Crippen molar-refractivity contribution in [3.63, 3.8) is 0 Å². The third kappa shape index (κ3) is 5.13. The fraction of sp³-hybridized carbons (Fsp3) is 0.120. The number of thiazole rings is 1. The van der Waals surface area contributed by atoms with Gasteiger partial charge >= 0.3 is 0 Å². The van der Waals surface area contributed by atoms with Gasteiger partial charge in [0.15, 0.2) is 5.13 Å². The molecule has 156 valence electrons. The maximum atomic E-state index is 13.3. The molecule has 31 heavy (non-hydrogen) atoms. The highest BCUT2D eigenvalue weighted by Crippen LogP contribution is 2.30. The van der Waals surface area contributed by atoms with E-state index in [-0.39, 0.29) is 5.91 Å². The lowest BCUT2D eigenvalue weighted by Crippen LogP contribution is -2.22. The average Bonchev–Trinajstić information content (AvgIpc) is 3.23. The summed E-state index contributed by atoms with van der Waals surface area (Å²) in [6, 6.07) is 25.0. The summed E-state index contributed by atoms with van der Waals surface area (Å²) >= 11 is 7.51. The van der Waals surface area contributed by atoms with E-state index in [2.05, 4.69) is 10.3 Å². The Balaban J connectivity index is 1.55. The molecule has 0 bridgehead atoms. The second-order valence-corrected chi connectivity index (χ2v) is 8.56. The van der Waals surface area contributed by atoms with Gasteiger partial charge in [-0.3, -0.25) is 4.79 Å². The van der Waals surface area contributed by atoms with Gasteiger partial charge < -0.3 is 10.1 Å². The predicted molar refractivity (Wildman–Crippen MR) is 126 cm³/mol. The van der Waals surface area contributed by atoms with Gasteiger partial charge in [0.05, 0.1) is 13.0 Å². The summed E-state index contributed by atoms with van der Waals surface area (Å²) in [6.07, 6.45) is 2.49. The Hall–Kier alpha value is -3.15. The van der Waals surface area contributed by atoms with Crippen LogP contribution in [-0.2, 0) is 11.2 Å². The summed E-state index contributed by atoms with van der Waals surface area (Å²) < 4.78 is 5.43. The highest BCUT2D eigenvalue weighted by atomic mass is 35.5. The van der Waals surface area contributed by atoms with Crippen LogP contribution in [0, 0.1) is 0 Å². The lowest BCUT2D eigenvalue weighted by molar-refractivity contribution is -0.116. The highest BCUT2D eigenvalue weighted by molar-refractivity contribution is 7.15. The number of carbonyl (C=O) groups excluding carboxylic acids is 1. The zero-order chi connectivity index (χ0) is 21.6. The number of nitrogens with zero attached hydrogens (tertiary/aromatic N) is 1. The lowest BCUT2D eigenvalue weighted by Gasteiger charge is -2.17. The van der Waals surface area contributed by atoms with E-state index in [1.165, 1.54) is 11.3 Å². The number of anilines is 1. The number of hydrogen-bond donors (Lipinski definition) is 1. The van der Waals surface area contributed by atoms with E-state index in [1.807, 2.05) is 66.7 Å². The second-order valence-electron chi connectivity index (χ2n) is 7.00. The number of ether oxygens (including phenoxy) is 1. The fourth-order valence-corrected chi connectivity index (χ4v) is 4.42. The van der Waals surface area contributed by atoms with Crippen molar-refractivity contribution in [3.05, 3.63) is 112 Å². The van der Waals surface area contributed by atoms with Gasteiger partial charge in [0.1, 0.15) is 5.75 Å². The maximum Gasteiger partial charge on any atom is 0.238 e. The van der Waals surface area contributed by atoms with Gasteiger partial charge in [0.25, 0.3) is 0 Å². The fourth-order valence-electron chi connectivity index (χ4n) is 3.46. The third-order valence-electron chi connectivity index (χ3n) is 4.94. The molecule has 6 heteroatoms. The molecule has 4 rings (SSSR count). The molecule has 1 amide bonds. The van der Waals surface area contributed by atoms with Crippen LogP contribution in [0.5, 0.6) is 5.75 Å². The number of amides is 1. The van der Waals surface area contributed by atoms with Crippen molar-refractivity contribution in [2.75, 3.05) is 12.4 Å². The van der Waals surface area contributed by atoms with Crippen molar-refractivity contribution in [1.29, 1.82) is 0 Å². The molecule has 1 atom stereocenters. The number of methoxy groups -OCH3 is 1. The number of carbonyl (C=O) groups is 1. The largest absolute Gasteiger partial charge is 0.496 e. The Labute approximate surface area is 190 Å². The van der Waals surface area contributed by atoms with Crippen LogP contribution in [0.15, 0.2) is 85.1 Å². The molecule has 0 saturated heterocycles. The molecule has 0 spiro atoms. The van der Waals surface area contributed by atoms with E-state index in [0.29, 0.717) is 16.6 Å². The molecule has 1 aromatic heterocycles. The monoisotopic (exact) mass is 448 g/mol. The van der Waals surface area contributed by atoms with E-state index < -0.39 is 5.92 Å². The zero-order valence-corrected chi connectivity index (χ0v) is 18.5. The van der Waals surface area contributed by atoms with Crippen LogP contribution in [0.25, 0.3) is 0 Å². The van der Waals surface area contributed by atoms with E-state index >= 15 is 0 Å². The molecular weight excluding hydrogens is 428 g/mol. The minimum absolute atomic E-state index is 0.133. The van der Waals surface area contributed by atoms with Gasteiger partial charge in [-0.2, -0.15) is 0 Å². The van der Waals surface area contributed by atoms with Crippen LogP contribution < -0.4 is 10.1 Å². The van der Waals surface area contributed by atoms with Crippen molar-refractivity contribution in [2.45, 2.75) is 12.3 Å². The molecule has 3 aromatic carbocycles. The van der Waals surface area contributed by atoms with Crippen molar-refractivity contribution in [2.24, 2.45) is 0 Å². The first-order chi connectivity index (χ1) is 15.1. The smallest absolute Gasteiger partial charge is 0.238 e. The summed E-state index contributed by atoms with van der Waals surface area (Å²) in [4.78, 5) is 18.7. The Bertz CT molecular complexity index is 1160. The van der Waals surface area contributed by atoms with Crippen LogP contribution in [0.1, 0.15) is 27.5 Å². The molecule has 0 aliphatic carbocycles. The summed E-state index contributed by atoms with van der Waals surface area (Å²) in [5.74, 6) is 0.250. The van der Waals surface area contributed by atoms with Crippen molar-refractivity contribution in [3.8, 4) is 5.75 Å². The molecule has 0 radical (unpaired) electrons. The van der Waals surface area contributed by atoms with E-state index in [0.717, 1.165) is 27.3 Å². The Morgan fingerprint density at radius 3 is 2.42 bits per heavy atom. The quantitative estimate of drug-likeness (QED) is 0.368. The number of halogens is 1. The maximum absolute atomic E-state index is 13.3. The molecule has 4 nitrogen and oxygen atoms in total. The number of rotatable bonds is 7. The highest BCUT2D eigenvalue weighted by Gasteiger charge is 2.23. The minimum Gasteiger partial charge on any atom is -0.496 e. The molecule has 0 fully saturated rings. The SMILES string of the molecule is COc1ccccc1Cc1cnc(NC(=O)C(c2ccccc2)c2ccc(Cl)cc2)s1. The third-order valence-corrected chi connectivity index (χ3v) is 6.10. The van der Waals surface area contributed by atoms with Gasteiger partial charge in [0, 0.05) is 22.5 Å². The lowest BCUT2D eigenvalue weighted by atomic mass is 9.90. The van der Waals surface area contributed by atoms with Crippen molar-refractivity contribution >= 4 is 34.0 Å². The molecule has 1 unspecified atom stereocenters. The van der Waals surface area contributed by atoms with Crippen LogP contribution in [-0.4, -0.2) is 18.0 Å². The summed E-state index contributed by atoms with van der Waals surface area (Å²) in [6.45, 7) is 0. The van der Waals surface area contributed by atoms with Gasteiger partial charge in [-0.05, 0) is 34.9 Å². The van der Waals surface area contributed by atoms with Gasteiger partial charge in [-0.15, -0.1) is 11.3 Å². The standard InChI is InChI=1S/C25H21ClN2O2S/c1-30-22-10-6-5-9-19(22)15-21-16-27-25(31-21)28-24(29)23(17-7-3-2-4-8-17)18-11-13-20(26)14-12-18/h2-14,16,23H,15H2,1H3,(H,27,28,29). The first-order valence-electron chi connectivity index (χ1n) is 9.82. The molecule has 0 aliphatic rings. The predicted octanol–water partition coefficient (Wildman–Crippen LogP) is 6.17. The van der Waals surface area contributed by atoms with Crippen LogP contribution in [0.4, 0.5) is 5.13 Å². The molecule has 4 aromatic rings. The molecule has 0 aliphatic heterocycles. The van der Waals surface area contributed by atoms with Crippen LogP contribution >= 0.6 is 22.9 Å². The number of aromatic nitrogens is 1. The topological polar surface area (TPSA) is 51.2 Å². The number of para-hydroxylation sites is 1. The summed E-state index contributed by atoms with van der Waals surface area (Å²) in [5, 5.41) is 4.20. The summed E-state index contributed by atoms with van der Waals surface area (Å²) in [5.41, 5.74) is 2.86. The Morgan fingerprint density at radius 2 is 1.68 bits per heavy atom. The van der Waals surface area contributed by atoms with E-state index in [1.54, 1.807) is 25.4 Å². The molecule has 1 N–H and O–H groups in total. The molecule has 0 saturated carbocycles. The zero-order valence-electron chi connectivity index (χ0n) is 16.9. The Morgan fingerprint density at radius 1 is 1.00 bits per heavy atom. The van der Waals surface area contributed by atoms with Gasteiger partial charge in [0.2, 0.25) is 5.91 Å². The van der Waals surface area contributed by atoms with E-state index in [4.69, 9.17) is 16.3 Å². The minimum atomic E-state index is -0.458. The van der Waals surface area contributed by atoms with Crippen molar-refractivity contribution in [1.82, 2.24) is 4.98 Å². The Kier molecular flexibility index (Phi) is 6.65. The average molecular weight is 449 g/mol. The van der Waals surface area contributed by atoms with E-state index in [9.17, 15) is 4.79 Å². The van der Waals surface area contributed by atoms with Gasteiger partial charge in [-0.1, -0.05) is 72.3 Å². The van der Waals surface area contributed by atoms with Crippen LogP contribution in [0.3, 0.4) is 0 Å². The van der Waals surface area contributed by atoms with Crippen LogP contribution in [0.2, 0.25) is 5.02 Å². The first-order valence-corrected chi connectivity index (χ1v) is 11.0. The summed E-state index contributed by atoms with van der Waals surface area (Å²) in [7, 11) is 1.66. The van der Waals surface area contributed by atoms with Crippen molar-refractivity contribution < 1.29 is 9.53 Å². The molecular formula is C25H21ClN2O2S. The number of benzene rings is 3. The number of hydrogen-bond acceptors (Lipinski definition) is 4. The number of nitrogens with one attached hydrogen (secondary N) is 1. The second kappa shape index (κ2) is 9.77. The normalized spacial score (nSPS) is 11.7. The molecule has 1 heterocycles. The van der Waals surface area contributed by atoms with Gasteiger partial charge in [-0.25, -0.2) is 4.98 Å².